The van der Waals surface area contributed by atoms with Gasteiger partial charge >= 0.3 is 0 Å². The van der Waals surface area contributed by atoms with Crippen molar-refractivity contribution in [1.82, 2.24) is 9.78 Å². The first-order valence-corrected chi connectivity index (χ1v) is 5.33. The van der Waals surface area contributed by atoms with Gasteiger partial charge in [-0.25, -0.2) is 4.68 Å². The Morgan fingerprint density at radius 3 is 2.47 bits per heavy atom. The Bertz CT molecular complexity index is 602. The van der Waals surface area contributed by atoms with Crippen LogP contribution in [0.3, 0.4) is 0 Å². The van der Waals surface area contributed by atoms with Crippen molar-refractivity contribution in [1.29, 1.82) is 0 Å². The molecule has 0 aliphatic rings. The Balaban J connectivity index is 0.00000180. The van der Waals surface area contributed by atoms with Gasteiger partial charge in [0.1, 0.15) is 0 Å². The number of guanidine groups is 1. The van der Waals surface area contributed by atoms with Crippen molar-refractivity contribution < 1.29 is 4.79 Å². The molecule has 19 heavy (non-hydrogen) atoms. The summed E-state index contributed by atoms with van der Waals surface area (Å²) in [6, 6.07) is 9.47. The highest BCUT2D eigenvalue weighted by atomic mass is 35.5. The van der Waals surface area contributed by atoms with Crippen LogP contribution in [0.5, 0.6) is 0 Å². The van der Waals surface area contributed by atoms with Crippen LogP contribution in [0.2, 0.25) is 0 Å². The van der Waals surface area contributed by atoms with Gasteiger partial charge in [-0.15, -0.1) is 12.4 Å². The molecule has 0 aliphatic heterocycles. The number of benzene rings is 1. The second-order valence-corrected chi connectivity index (χ2v) is 3.75. The van der Waals surface area contributed by atoms with Crippen molar-refractivity contribution in [3.8, 4) is 5.69 Å². The summed E-state index contributed by atoms with van der Waals surface area (Å²) in [6.07, 6.45) is 1.61. The summed E-state index contributed by atoms with van der Waals surface area (Å²) >= 11 is 0. The Morgan fingerprint density at radius 1 is 1.26 bits per heavy atom. The van der Waals surface area contributed by atoms with Gasteiger partial charge in [-0.1, -0.05) is 18.2 Å². The number of nitrogens with zero attached hydrogens (tertiary/aromatic N) is 3. The van der Waals surface area contributed by atoms with Crippen LogP contribution in [0.4, 0.5) is 0 Å². The fourth-order valence-corrected chi connectivity index (χ4v) is 1.56. The predicted octanol–water partition coefficient (Wildman–Crippen LogP) is 1.02. The lowest BCUT2D eigenvalue weighted by molar-refractivity contribution is 0.100. The number of para-hydroxylation sites is 1. The van der Waals surface area contributed by atoms with Gasteiger partial charge in [0, 0.05) is 6.20 Å². The molecule has 0 bridgehead atoms. The van der Waals surface area contributed by atoms with E-state index in [2.05, 4.69) is 10.1 Å². The van der Waals surface area contributed by atoms with Gasteiger partial charge in [-0.3, -0.25) is 4.79 Å². The van der Waals surface area contributed by atoms with Crippen LogP contribution in [0, 0.1) is 6.92 Å². The van der Waals surface area contributed by atoms with Crippen LogP contribution < -0.4 is 11.5 Å². The van der Waals surface area contributed by atoms with Crippen molar-refractivity contribution in [2.24, 2.45) is 16.5 Å². The second-order valence-electron chi connectivity index (χ2n) is 3.75. The number of hydrogen-bond donors (Lipinski definition) is 2. The molecule has 0 radical (unpaired) electrons. The number of carbonyl (C=O) groups is 1. The lowest BCUT2D eigenvalue weighted by atomic mass is 10.2. The summed E-state index contributed by atoms with van der Waals surface area (Å²) in [7, 11) is 0. The highest BCUT2D eigenvalue weighted by molar-refractivity contribution is 6.02. The molecule has 0 unspecified atom stereocenters. The van der Waals surface area contributed by atoms with E-state index in [9.17, 15) is 4.79 Å². The number of aromatic nitrogens is 2. The quantitative estimate of drug-likeness (QED) is 0.633. The number of rotatable bonds is 2. The molecule has 0 aliphatic carbocycles. The molecule has 0 atom stereocenters. The molecule has 1 heterocycles. The molecule has 6 nitrogen and oxygen atoms in total. The lowest BCUT2D eigenvalue weighted by Crippen LogP contribution is -2.24. The predicted molar refractivity (Wildman–Crippen MR) is 75.7 cm³/mol. The highest BCUT2D eigenvalue weighted by Gasteiger charge is 2.13. The summed E-state index contributed by atoms with van der Waals surface area (Å²) in [6.45, 7) is 1.73. The minimum atomic E-state index is -0.491. The molecule has 1 aromatic carbocycles. The Morgan fingerprint density at radius 2 is 1.89 bits per heavy atom. The number of aliphatic imine (C=N–C) groups is 1. The summed E-state index contributed by atoms with van der Waals surface area (Å²) in [5, 5.41) is 4.25. The van der Waals surface area contributed by atoms with E-state index in [1.807, 2.05) is 30.3 Å². The molecule has 7 heteroatoms. The Kier molecular flexibility index (Phi) is 4.66. The second kappa shape index (κ2) is 6.01. The number of carbonyl (C=O) groups excluding carboxylic acids is 1. The molecule has 0 spiro atoms. The van der Waals surface area contributed by atoms with Crippen molar-refractivity contribution >= 4 is 24.3 Å². The first-order valence-electron chi connectivity index (χ1n) is 5.33. The topological polar surface area (TPSA) is 99.3 Å². The van der Waals surface area contributed by atoms with E-state index in [4.69, 9.17) is 11.5 Å². The number of amides is 1. The largest absolute Gasteiger partial charge is 0.370 e. The van der Waals surface area contributed by atoms with Crippen molar-refractivity contribution in [3.63, 3.8) is 0 Å². The van der Waals surface area contributed by atoms with Gasteiger partial charge in [-0.2, -0.15) is 10.1 Å². The van der Waals surface area contributed by atoms with E-state index in [0.29, 0.717) is 11.3 Å². The summed E-state index contributed by atoms with van der Waals surface area (Å²) < 4.78 is 1.62. The minimum absolute atomic E-state index is 0. The molecule has 2 aromatic rings. The monoisotopic (exact) mass is 279 g/mol. The third kappa shape index (κ3) is 3.32. The molecule has 4 N–H and O–H groups in total. The molecule has 0 fully saturated rings. The average molecular weight is 280 g/mol. The third-order valence-electron chi connectivity index (χ3n) is 2.38. The van der Waals surface area contributed by atoms with E-state index in [1.165, 1.54) is 0 Å². The number of hydrogen-bond acceptors (Lipinski definition) is 2. The number of aryl methyl sites for hydroxylation is 1. The molecule has 100 valence electrons. The molecule has 1 aromatic heterocycles. The van der Waals surface area contributed by atoms with Gasteiger partial charge in [0.2, 0.25) is 0 Å². The van der Waals surface area contributed by atoms with Crippen molar-refractivity contribution in [2.45, 2.75) is 6.92 Å². The first kappa shape index (κ1) is 14.7. The number of halogens is 1. The molecule has 0 saturated carbocycles. The van der Waals surface area contributed by atoms with Crippen LogP contribution in [0.1, 0.15) is 16.1 Å². The molecule has 1 amide bonds. The van der Waals surface area contributed by atoms with Gasteiger partial charge < -0.3 is 11.5 Å². The maximum Gasteiger partial charge on any atom is 0.283 e. The Labute approximate surface area is 116 Å². The van der Waals surface area contributed by atoms with Gasteiger partial charge in [0.25, 0.3) is 5.91 Å². The fraction of sp³-hybridized carbons (Fsp3) is 0.0833. The molecule has 0 saturated heterocycles. The normalized spacial score (nSPS) is 9.53. The zero-order valence-electron chi connectivity index (χ0n) is 10.3. The van der Waals surface area contributed by atoms with Crippen LogP contribution in [0.25, 0.3) is 5.69 Å². The van der Waals surface area contributed by atoms with E-state index in [-0.39, 0.29) is 18.4 Å². The molecule has 2 rings (SSSR count). The summed E-state index contributed by atoms with van der Waals surface area (Å²) in [5.41, 5.74) is 12.2. The van der Waals surface area contributed by atoms with Crippen LogP contribution in [-0.2, 0) is 0 Å². The van der Waals surface area contributed by atoms with E-state index >= 15 is 0 Å². The van der Waals surface area contributed by atoms with Gasteiger partial charge in [0.15, 0.2) is 5.96 Å². The van der Waals surface area contributed by atoms with E-state index in [1.54, 1.807) is 17.8 Å². The standard InChI is InChI=1S/C12H13N5O.ClH/c1-8-10(11(18)15-12(13)14)7-17(16-8)9-5-3-2-4-6-9;/h2-7H,1H3,(H4,13,14,15,18);1H. The summed E-state index contributed by atoms with van der Waals surface area (Å²) in [5.74, 6) is -0.749. The highest BCUT2D eigenvalue weighted by Crippen LogP contribution is 2.12. The number of nitrogens with two attached hydrogens (primary N) is 2. The van der Waals surface area contributed by atoms with Crippen molar-refractivity contribution in [3.05, 3.63) is 47.8 Å². The third-order valence-corrected chi connectivity index (χ3v) is 2.38. The van der Waals surface area contributed by atoms with E-state index < -0.39 is 5.91 Å². The van der Waals surface area contributed by atoms with Crippen LogP contribution >= 0.6 is 12.4 Å². The van der Waals surface area contributed by atoms with Crippen molar-refractivity contribution in [2.75, 3.05) is 0 Å². The maximum absolute atomic E-state index is 11.7. The fourth-order valence-electron chi connectivity index (χ4n) is 1.56. The summed E-state index contributed by atoms with van der Waals surface area (Å²) in [4.78, 5) is 15.2. The average Bonchev–Trinajstić information content (AvgIpc) is 2.72. The lowest BCUT2D eigenvalue weighted by Gasteiger charge is -1.98. The maximum atomic E-state index is 11.7. The zero-order chi connectivity index (χ0) is 13.1. The SMILES string of the molecule is Cc1nn(-c2ccccc2)cc1C(=O)N=C(N)N.Cl. The smallest absolute Gasteiger partial charge is 0.283 e. The Hall–Kier alpha value is -2.34. The van der Waals surface area contributed by atoms with Gasteiger partial charge in [-0.05, 0) is 19.1 Å². The zero-order valence-corrected chi connectivity index (χ0v) is 11.1. The van der Waals surface area contributed by atoms with Crippen LogP contribution in [-0.4, -0.2) is 21.6 Å². The first-order chi connectivity index (χ1) is 8.58. The van der Waals surface area contributed by atoms with E-state index in [0.717, 1.165) is 5.69 Å². The molecular weight excluding hydrogens is 266 g/mol. The molecular formula is C12H14ClN5O. The minimum Gasteiger partial charge on any atom is -0.370 e. The van der Waals surface area contributed by atoms with Gasteiger partial charge in [0.05, 0.1) is 16.9 Å². The van der Waals surface area contributed by atoms with Crippen LogP contribution in [0.15, 0.2) is 41.5 Å².